The van der Waals surface area contributed by atoms with Gasteiger partial charge in [0, 0.05) is 11.8 Å². The van der Waals surface area contributed by atoms with Crippen LogP contribution in [-0.4, -0.2) is 12.1 Å². The van der Waals surface area contributed by atoms with Crippen LogP contribution in [0.4, 0.5) is 10.7 Å². The smallest absolute Gasteiger partial charge is 0.221 e. The van der Waals surface area contributed by atoms with Crippen LogP contribution in [0, 0.1) is 0 Å². The van der Waals surface area contributed by atoms with E-state index < -0.39 is 0 Å². The highest BCUT2D eigenvalue weighted by molar-refractivity contribution is 7.17. The fourth-order valence-corrected chi connectivity index (χ4v) is 2.17. The Hall–Kier alpha value is -2.14. The summed E-state index contributed by atoms with van der Waals surface area (Å²) in [5.41, 5.74) is 3.87. The lowest BCUT2D eigenvalue weighted by Gasteiger charge is -1.97. The molecule has 5 heteroatoms. The van der Waals surface area contributed by atoms with Crippen molar-refractivity contribution >= 4 is 34.1 Å². The van der Waals surface area contributed by atoms with Crippen molar-refractivity contribution in [2.45, 2.75) is 6.92 Å². The lowest BCUT2D eigenvalue weighted by Crippen LogP contribution is -2.03. The first-order chi connectivity index (χ1) is 8.74. The van der Waals surface area contributed by atoms with E-state index in [1.165, 1.54) is 18.3 Å². The Morgan fingerprint density at radius 1 is 1.22 bits per heavy atom. The Bertz CT molecular complexity index is 548. The zero-order valence-electron chi connectivity index (χ0n) is 9.88. The summed E-state index contributed by atoms with van der Waals surface area (Å²) in [6.45, 7) is 1.49. The predicted molar refractivity (Wildman–Crippen MR) is 76.3 cm³/mol. The molecule has 0 aliphatic heterocycles. The molecule has 0 spiro atoms. The molecule has 0 fully saturated rings. The van der Waals surface area contributed by atoms with Crippen LogP contribution in [0.2, 0.25) is 0 Å². The Labute approximate surface area is 109 Å². The van der Waals surface area contributed by atoms with Crippen molar-refractivity contribution in [3.05, 3.63) is 47.3 Å². The summed E-state index contributed by atoms with van der Waals surface area (Å²) >= 11 is 1.48. The SMILES string of the molecule is CC(=O)Nc1ccc(C=NNc2ccccc2)s1. The number of benzene rings is 1. The summed E-state index contributed by atoms with van der Waals surface area (Å²) in [7, 11) is 0. The standard InChI is InChI=1S/C13H13N3OS/c1-10(17)15-13-8-7-12(18-13)9-14-16-11-5-3-2-4-6-11/h2-9,16H,1H3,(H,15,17). The van der Waals surface area contributed by atoms with Crippen molar-refractivity contribution in [1.82, 2.24) is 0 Å². The maximum atomic E-state index is 10.9. The van der Waals surface area contributed by atoms with Crippen molar-refractivity contribution in [3.63, 3.8) is 0 Å². The molecule has 18 heavy (non-hydrogen) atoms. The summed E-state index contributed by atoms with van der Waals surface area (Å²) in [6, 6.07) is 13.5. The van der Waals surface area contributed by atoms with E-state index in [-0.39, 0.29) is 5.91 Å². The summed E-state index contributed by atoms with van der Waals surface area (Å²) in [6.07, 6.45) is 1.73. The van der Waals surface area contributed by atoms with Crippen LogP contribution in [0.5, 0.6) is 0 Å². The van der Waals surface area contributed by atoms with Crippen molar-refractivity contribution in [1.29, 1.82) is 0 Å². The van der Waals surface area contributed by atoms with Gasteiger partial charge in [-0.05, 0) is 24.3 Å². The van der Waals surface area contributed by atoms with Gasteiger partial charge in [0.2, 0.25) is 5.91 Å². The molecule has 0 atom stereocenters. The molecule has 1 amide bonds. The molecular formula is C13H13N3OS. The van der Waals surface area contributed by atoms with Crippen LogP contribution < -0.4 is 10.7 Å². The average molecular weight is 259 g/mol. The Morgan fingerprint density at radius 2 is 2.00 bits per heavy atom. The molecule has 2 rings (SSSR count). The number of hydrogen-bond donors (Lipinski definition) is 2. The van der Waals surface area contributed by atoms with Gasteiger partial charge in [0.1, 0.15) is 0 Å². The monoisotopic (exact) mass is 259 g/mol. The van der Waals surface area contributed by atoms with Gasteiger partial charge in [-0.2, -0.15) is 5.10 Å². The van der Waals surface area contributed by atoms with Crippen molar-refractivity contribution < 1.29 is 4.79 Å². The highest BCUT2D eigenvalue weighted by Crippen LogP contribution is 2.20. The lowest BCUT2D eigenvalue weighted by atomic mass is 10.3. The number of amides is 1. The molecule has 1 aromatic carbocycles. The van der Waals surface area contributed by atoms with Gasteiger partial charge in [-0.1, -0.05) is 18.2 Å². The van der Waals surface area contributed by atoms with E-state index in [9.17, 15) is 4.79 Å². The van der Waals surface area contributed by atoms with E-state index in [2.05, 4.69) is 15.8 Å². The minimum absolute atomic E-state index is 0.0669. The fraction of sp³-hybridized carbons (Fsp3) is 0.0769. The number of carbonyl (C=O) groups excluding carboxylic acids is 1. The van der Waals surface area contributed by atoms with E-state index in [1.54, 1.807) is 6.21 Å². The summed E-state index contributed by atoms with van der Waals surface area (Å²) in [5, 5.41) is 7.68. The number of rotatable bonds is 4. The second-order valence-electron chi connectivity index (χ2n) is 3.62. The molecule has 1 aromatic heterocycles. The minimum Gasteiger partial charge on any atom is -0.318 e. The van der Waals surface area contributed by atoms with Crippen molar-refractivity contribution in [2.75, 3.05) is 10.7 Å². The largest absolute Gasteiger partial charge is 0.318 e. The first kappa shape index (κ1) is 12.3. The Balaban J connectivity index is 1.93. The molecular weight excluding hydrogens is 246 g/mol. The number of hydrazone groups is 1. The molecule has 0 saturated carbocycles. The van der Waals surface area contributed by atoms with Gasteiger partial charge in [-0.15, -0.1) is 11.3 Å². The number of nitrogens with zero attached hydrogens (tertiary/aromatic N) is 1. The zero-order chi connectivity index (χ0) is 12.8. The highest BCUT2D eigenvalue weighted by atomic mass is 32.1. The van der Waals surface area contributed by atoms with Crippen molar-refractivity contribution in [2.24, 2.45) is 5.10 Å². The van der Waals surface area contributed by atoms with Gasteiger partial charge < -0.3 is 5.32 Å². The summed E-state index contributed by atoms with van der Waals surface area (Å²) in [5.74, 6) is -0.0669. The van der Waals surface area contributed by atoms with E-state index in [1.807, 2.05) is 42.5 Å². The molecule has 0 radical (unpaired) electrons. The molecule has 2 aromatic rings. The van der Waals surface area contributed by atoms with E-state index in [4.69, 9.17) is 0 Å². The zero-order valence-corrected chi connectivity index (χ0v) is 10.7. The molecule has 0 saturated heterocycles. The summed E-state index contributed by atoms with van der Waals surface area (Å²) < 4.78 is 0. The first-order valence-electron chi connectivity index (χ1n) is 5.45. The Kier molecular flexibility index (Phi) is 4.09. The van der Waals surface area contributed by atoms with Crippen LogP contribution in [0.25, 0.3) is 0 Å². The average Bonchev–Trinajstić information content (AvgIpc) is 2.77. The fourth-order valence-electron chi connectivity index (χ4n) is 1.35. The maximum Gasteiger partial charge on any atom is 0.221 e. The first-order valence-corrected chi connectivity index (χ1v) is 6.27. The summed E-state index contributed by atoms with van der Waals surface area (Å²) in [4.78, 5) is 11.8. The molecule has 2 N–H and O–H groups in total. The predicted octanol–water partition coefficient (Wildman–Crippen LogP) is 3.15. The second kappa shape index (κ2) is 5.97. The quantitative estimate of drug-likeness (QED) is 0.654. The molecule has 0 bridgehead atoms. The van der Waals surface area contributed by atoms with Crippen LogP contribution in [0.1, 0.15) is 11.8 Å². The number of hydrogen-bond acceptors (Lipinski definition) is 4. The maximum absolute atomic E-state index is 10.9. The topological polar surface area (TPSA) is 53.5 Å². The van der Waals surface area contributed by atoms with Crippen molar-refractivity contribution in [3.8, 4) is 0 Å². The molecule has 0 unspecified atom stereocenters. The number of nitrogens with one attached hydrogen (secondary N) is 2. The third-order valence-electron chi connectivity index (χ3n) is 2.09. The normalized spacial score (nSPS) is 10.5. The number of thiophene rings is 1. The van der Waals surface area contributed by atoms with Crippen LogP contribution in [-0.2, 0) is 4.79 Å². The number of carbonyl (C=O) groups is 1. The van der Waals surface area contributed by atoms with E-state index in [0.717, 1.165) is 15.6 Å². The second-order valence-corrected chi connectivity index (χ2v) is 4.73. The van der Waals surface area contributed by atoms with Crippen LogP contribution >= 0.6 is 11.3 Å². The number of anilines is 2. The van der Waals surface area contributed by atoms with Gasteiger partial charge in [-0.3, -0.25) is 10.2 Å². The van der Waals surface area contributed by atoms with E-state index in [0.29, 0.717) is 0 Å². The highest BCUT2D eigenvalue weighted by Gasteiger charge is 1.99. The van der Waals surface area contributed by atoms with Gasteiger partial charge in [-0.25, -0.2) is 0 Å². The van der Waals surface area contributed by atoms with Gasteiger partial charge in [0.25, 0.3) is 0 Å². The van der Waals surface area contributed by atoms with Crippen LogP contribution in [0.15, 0.2) is 47.6 Å². The number of para-hydroxylation sites is 1. The molecule has 0 aliphatic carbocycles. The minimum atomic E-state index is -0.0669. The van der Waals surface area contributed by atoms with Crippen LogP contribution in [0.3, 0.4) is 0 Å². The lowest BCUT2D eigenvalue weighted by molar-refractivity contribution is -0.114. The molecule has 4 nitrogen and oxygen atoms in total. The molecule has 0 aliphatic rings. The third-order valence-corrected chi connectivity index (χ3v) is 3.02. The Morgan fingerprint density at radius 3 is 2.72 bits per heavy atom. The third kappa shape index (κ3) is 3.71. The molecule has 1 heterocycles. The van der Waals surface area contributed by atoms with Gasteiger partial charge >= 0.3 is 0 Å². The van der Waals surface area contributed by atoms with Gasteiger partial charge in [0.15, 0.2) is 0 Å². The van der Waals surface area contributed by atoms with E-state index >= 15 is 0 Å². The van der Waals surface area contributed by atoms with Gasteiger partial charge in [0.05, 0.1) is 16.9 Å². The molecule has 92 valence electrons.